The van der Waals surface area contributed by atoms with Crippen molar-refractivity contribution in [2.45, 2.75) is 58.2 Å². The first-order chi connectivity index (χ1) is 14.0. The Morgan fingerprint density at radius 2 is 2.00 bits per heavy atom. The monoisotopic (exact) mass is 402 g/mol. The highest BCUT2D eigenvalue weighted by Gasteiger charge is 2.32. The molecule has 1 aromatic heterocycles. The van der Waals surface area contributed by atoms with E-state index in [1.807, 2.05) is 36.9 Å². The third kappa shape index (κ3) is 6.51. The number of nitrogens with zero attached hydrogens (tertiary/aromatic N) is 3. The normalized spacial score (nSPS) is 21.3. The van der Waals surface area contributed by atoms with E-state index in [0.717, 1.165) is 57.6 Å². The minimum atomic E-state index is 0.0339. The summed E-state index contributed by atoms with van der Waals surface area (Å²) in [5.41, 5.74) is 0.881. The SMILES string of the molecule is CC(C)OCC(=O)N1CCC(N2CCC[C@@H](C(=O)NCc3ccccn3)C2)CC1. The maximum absolute atomic E-state index is 12.6. The van der Waals surface area contributed by atoms with Gasteiger partial charge < -0.3 is 15.0 Å². The van der Waals surface area contributed by atoms with Gasteiger partial charge in [-0.25, -0.2) is 0 Å². The van der Waals surface area contributed by atoms with Crippen LogP contribution >= 0.6 is 0 Å². The van der Waals surface area contributed by atoms with Crippen LogP contribution < -0.4 is 5.32 Å². The van der Waals surface area contributed by atoms with E-state index in [0.29, 0.717) is 12.6 Å². The van der Waals surface area contributed by atoms with Gasteiger partial charge in [-0.05, 0) is 58.2 Å². The molecule has 2 aliphatic heterocycles. The van der Waals surface area contributed by atoms with Crippen molar-refractivity contribution in [3.05, 3.63) is 30.1 Å². The fraction of sp³-hybridized carbons (Fsp3) is 0.682. The molecule has 0 radical (unpaired) electrons. The molecular weight excluding hydrogens is 368 g/mol. The van der Waals surface area contributed by atoms with Gasteiger partial charge in [-0.3, -0.25) is 19.5 Å². The fourth-order valence-corrected chi connectivity index (χ4v) is 4.19. The third-order valence-electron chi connectivity index (χ3n) is 5.87. The number of pyridine rings is 1. The number of likely N-dealkylation sites (tertiary alicyclic amines) is 2. The van der Waals surface area contributed by atoms with E-state index in [1.165, 1.54) is 0 Å². The van der Waals surface area contributed by atoms with Gasteiger partial charge in [-0.15, -0.1) is 0 Å². The van der Waals surface area contributed by atoms with E-state index in [1.54, 1.807) is 6.20 Å². The van der Waals surface area contributed by atoms with Crippen molar-refractivity contribution >= 4 is 11.8 Å². The standard InChI is InChI=1S/C22H34N4O3/c1-17(2)29-16-21(27)25-12-8-20(9-13-25)26-11-5-6-18(15-26)22(28)24-14-19-7-3-4-10-23-19/h3-4,7,10,17-18,20H,5-6,8-9,11-16H2,1-2H3,(H,24,28)/t18-/m1/s1. The van der Waals surface area contributed by atoms with E-state index in [4.69, 9.17) is 4.74 Å². The first kappa shape index (κ1) is 21.7. The molecule has 2 fully saturated rings. The Labute approximate surface area is 173 Å². The van der Waals surface area contributed by atoms with Gasteiger partial charge in [-0.1, -0.05) is 6.07 Å². The van der Waals surface area contributed by atoms with Crippen molar-refractivity contribution in [2.24, 2.45) is 5.92 Å². The molecule has 0 saturated carbocycles. The second kappa shape index (κ2) is 10.7. The predicted molar refractivity (Wildman–Crippen MR) is 111 cm³/mol. The van der Waals surface area contributed by atoms with Crippen molar-refractivity contribution in [3.63, 3.8) is 0 Å². The first-order valence-corrected chi connectivity index (χ1v) is 10.8. The molecule has 0 bridgehead atoms. The molecule has 160 valence electrons. The number of aromatic nitrogens is 1. The van der Waals surface area contributed by atoms with Crippen LogP contribution in [0.25, 0.3) is 0 Å². The van der Waals surface area contributed by atoms with Gasteiger partial charge in [0.1, 0.15) is 6.61 Å². The largest absolute Gasteiger partial charge is 0.369 e. The molecule has 1 aromatic rings. The molecule has 2 aliphatic rings. The Bertz CT molecular complexity index is 659. The number of carbonyl (C=O) groups is 2. The van der Waals surface area contributed by atoms with Gasteiger partial charge >= 0.3 is 0 Å². The number of carbonyl (C=O) groups excluding carboxylic acids is 2. The number of amides is 2. The summed E-state index contributed by atoms with van der Waals surface area (Å²) in [6.45, 7) is 7.94. The average Bonchev–Trinajstić information content (AvgIpc) is 2.76. The Hall–Kier alpha value is -1.99. The van der Waals surface area contributed by atoms with Gasteiger partial charge in [0.25, 0.3) is 0 Å². The average molecular weight is 403 g/mol. The molecule has 1 N–H and O–H groups in total. The third-order valence-corrected chi connectivity index (χ3v) is 5.87. The van der Waals surface area contributed by atoms with Crippen molar-refractivity contribution in [1.29, 1.82) is 0 Å². The minimum Gasteiger partial charge on any atom is -0.369 e. The Morgan fingerprint density at radius 3 is 2.69 bits per heavy atom. The summed E-state index contributed by atoms with van der Waals surface area (Å²) < 4.78 is 5.44. The maximum Gasteiger partial charge on any atom is 0.248 e. The molecule has 0 spiro atoms. The Kier molecular flexibility index (Phi) is 8.00. The second-order valence-electron chi connectivity index (χ2n) is 8.34. The van der Waals surface area contributed by atoms with Gasteiger partial charge in [0.2, 0.25) is 11.8 Å². The summed E-state index contributed by atoms with van der Waals surface area (Å²) in [4.78, 5) is 33.5. The van der Waals surface area contributed by atoms with Crippen LogP contribution in [0.4, 0.5) is 0 Å². The van der Waals surface area contributed by atoms with Gasteiger partial charge in [0.15, 0.2) is 0 Å². The maximum atomic E-state index is 12.6. The molecule has 0 unspecified atom stereocenters. The van der Waals surface area contributed by atoms with Crippen molar-refractivity contribution < 1.29 is 14.3 Å². The van der Waals surface area contributed by atoms with E-state index in [-0.39, 0.29) is 30.4 Å². The lowest BCUT2D eigenvalue weighted by molar-refractivity contribution is -0.139. The van der Waals surface area contributed by atoms with Gasteiger partial charge in [0, 0.05) is 31.9 Å². The molecule has 0 aromatic carbocycles. The zero-order valence-electron chi connectivity index (χ0n) is 17.7. The molecule has 0 aliphatic carbocycles. The Balaban J connectivity index is 1.42. The van der Waals surface area contributed by atoms with Crippen LogP contribution in [0.1, 0.15) is 45.2 Å². The molecule has 7 heteroatoms. The van der Waals surface area contributed by atoms with Crippen molar-refractivity contribution in [3.8, 4) is 0 Å². The summed E-state index contributed by atoms with van der Waals surface area (Å²) in [5, 5.41) is 3.04. The van der Waals surface area contributed by atoms with Gasteiger partial charge in [-0.2, -0.15) is 0 Å². The lowest BCUT2D eigenvalue weighted by atomic mass is 9.93. The van der Waals surface area contributed by atoms with E-state index >= 15 is 0 Å². The topological polar surface area (TPSA) is 74.8 Å². The summed E-state index contributed by atoms with van der Waals surface area (Å²) in [5.74, 6) is 0.243. The number of nitrogens with one attached hydrogen (secondary N) is 1. The molecule has 7 nitrogen and oxygen atoms in total. The number of ether oxygens (including phenoxy) is 1. The van der Waals surface area contributed by atoms with E-state index in [2.05, 4.69) is 15.2 Å². The number of hydrogen-bond acceptors (Lipinski definition) is 5. The number of piperidine rings is 2. The quantitative estimate of drug-likeness (QED) is 0.753. The van der Waals surface area contributed by atoms with Crippen LogP contribution in [-0.2, 0) is 20.9 Å². The van der Waals surface area contributed by atoms with E-state index < -0.39 is 0 Å². The summed E-state index contributed by atoms with van der Waals surface area (Å²) >= 11 is 0. The van der Waals surface area contributed by atoms with Crippen LogP contribution in [0.15, 0.2) is 24.4 Å². The van der Waals surface area contributed by atoms with E-state index in [9.17, 15) is 9.59 Å². The molecule has 2 saturated heterocycles. The Morgan fingerprint density at radius 1 is 1.21 bits per heavy atom. The minimum absolute atomic E-state index is 0.0339. The van der Waals surface area contributed by atoms with Crippen LogP contribution in [-0.4, -0.2) is 71.5 Å². The van der Waals surface area contributed by atoms with Gasteiger partial charge in [0.05, 0.1) is 24.3 Å². The second-order valence-corrected chi connectivity index (χ2v) is 8.34. The zero-order chi connectivity index (χ0) is 20.6. The highest BCUT2D eigenvalue weighted by molar-refractivity contribution is 5.79. The molecule has 3 heterocycles. The molecule has 3 rings (SSSR count). The summed E-state index contributed by atoms with van der Waals surface area (Å²) in [6.07, 6.45) is 5.74. The van der Waals surface area contributed by atoms with Crippen LogP contribution in [0.3, 0.4) is 0 Å². The molecule has 2 amide bonds. The van der Waals surface area contributed by atoms with Crippen molar-refractivity contribution in [2.75, 3.05) is 32.8 Å². The molecular formula is C22H34N4O3. The molecule has 1 atom stereocenters. The number of rotatable bonds is 7. The van der Waals surface area contributed by atoms with Crippen molar-refractivity contribution in [1.82, 2.24) is 20.1 Å². The highest BCUT2D eigenvalue weighted by atomic mass is 16.5. The van der Waals surface area contributed by atoms with Crippen LogP contribution in [0, 0.1) is 5.92 Å². The fourth-order valence-electron chi connectivity index (χ4n) is 4.19. The van der Waals surface area contributed by atoms with Crippen LogP contribution in [0.2, 0.25) is 0 Å². The molecule has 29 heavy (non-hydrogen) atoms. The van der Waals surface area contributed by atoms with Crippen LogP contribution in [0.5, 0.6) is 0 Å². The summed E-state index contributed by atoms with van der Waals surface area (Å²) in [7, 11) is 0. The highest BCUT2D eigenvalue weighted by Crippen LogP contribution is 2.24. The summed E-state index contributed by atoms with van der Waals surface area (Å²) in [6, 6.07) is 6.19. The number of hydrogen-bond donors (Lipinski definition) is 1. The smallest absolute Gasteiger partial charge is 0.248 e. The zero-order valence-corrected chi connectivity index (χ0v) is 17.7. The lowest BCUT2D eigenvalue weighted by Gasteiger charge is -2.42. The first-order valence-electron chi connectivity index (χ1n) is 10.8. The lowest BCUT2D eigenvalue weighted by Crippen LogP contribution is -2.52. The predicted octanol–water partition coefficient (Wildman–Crippen LogP) is 1.83.